The van der Waals surface area contributed by atoms with Gasteiger partial charge in [-0.3, -0.25) is 0 Å². The predicted octanol–water partition coefficient (Wildman–Crippen LogP) is 2.24. The van der Waals surface area contributed by atoms with E-state index in [2.05, 4.69) is 0 Å². The summed E-state index contributed by atoms with van der Waals surface area (Å²) in [5.41, 5.74) is 1.75. The number of amides is 1. The molecule has 1 aromatic rings. The number of benzene rings is 1. The largest absolute Gasteiger partial charge is 0.513 e. The molecule has 2 aliphatic rings. The summed E-state index contributed by atoms with van der Waals surface area (Å²) in [6.07, 6.45) is 0.0370. The topological polar surface area (TPSA) is 88.0 Å². The van der Waals surface area contributed by atoms with Gasteiger partial charge in [-0.15, -0.1) is 5.06 Å². The van der Waals surface area contributed by atoms with Crippen molar-refractivity contribution < 1.29 is 38.5 Å². The average molecular weight is 484 g/mol. The maximum atomic E-state index is 13.8. The lowest BCUT2D eigenvalue weighted by atomic mass is 9.85. The highest BCUT2D eigenvalue weighted by Gasteiger charge is 2.62. The van der Waals surface area contributed by atoms with Gasteiger partial charge in [0, 0.05) is 43.6 Å². The Hall–Kier alpha value is -2.01. The van der Waals surface area contributed by atoms with Crippen molar-refractivity contribution >= 4 is 29.2 Å². The number of carbonyl (C=O) groups is 2. The first-order chi connectivity index (χ1) is 15.8. The first-order valence-corrected chi connectivity index (χ1v) is 11.4. The minimum absolute atomic E-state index is 0.144. The van der Waals surface area contributed by atoms with E-state index in [-0.39, 0.29) is 35.5 Å². The van der Waals surface area contributed by atoms with Crippen LogP contribution in [-0.2, 0) is 28.7 Å². The molecule has 3 rings (SSSR count). The first kappa shape index (κ1) is 25.6. The third-order valence-electron chi connectivity index (χ3n) is 6.20. The highest BCUT2D eigenvalue weighted by molar-refractivity contribution is 6.35. The molecule has 1 spiro atoms. The molecule has 182 valence electrons. The van der Waals surface area contributed by atoms with Crippen LogP contribution < -0.4 is 5.06 Å². The molecular weight excluding hydrogens is 452 g/mol. The Morgan fingerprint density at radius 3 is 2.42 bits per heavy atom. The molecule has 0 radical (unpaired) electrons. The molecule has 2 aliphatic heterocycles. The Balaban J connectivity index is 2.17. The second kappa shape index (κ2) is 10.9. The van der Waals surface area contributed by atoms with E-state index >= 15 is 0 Å². The molecule has 1 N–H and O–H groups in total. The van der Waals surface area contributed by atoms with Crippen LogP contribution in [0.3, 0.4) is 0 Å². The van der Waals surface area contributed by atoms with Crippen molar-refractivity contribution in [3.8, 4) is 0 Å². The molecule has 1 saturated heterocycles. The molecule has 1 atom stereocenters. The van der Waals surface area contributed by atoms with Crippen LogP contribution in [0.25, 0.3) is 5.57 Å². The van der Waals surface area contributed by atoms with Crippen LogP contribution in [0.15, 0.2) is 17.9 Å². The van der Waals surface area contributed by atoms with Crippen molar-refractivity contribution in [1.29, 1.82) is 0 Å². The molecule has 2 heterocycles. The molecule has 0 aliphatic carbocycles. The number of carbonyl (C=O) groups excluding carboxylic acids is 2. The van der Waals surface area contributed by atoms with Gasteiger partial charge in [-0.2, -0.15) is 9.90 Å². The molecule has 0 saturated carbocycles. The van der Waals surface area contributed by atoms with E-state index in [0.717, 1.165) is 11.1 Å². The molecule has 0 aromatic heterocycles. The van der Waals surface area contributed by atoms with Gasteiger partial charge < -0.3 is 19.0 Å². The van der Waals surface area contributed by atoms with Crippen molar-refractivity contribution in [3.63, 3.8) is 0 Å². The van der Waals surface area contributed by atoms with Crippen LogP contribution in [0.1, 0.15) is 36.5 Å². The van der Waals surface area contributed by atoms with Crippen molar-refractivity contribution in [3.05, 3.63) is 39.6 Å². The van der Waals surface area contributed by atoms with E-state index in [1.54, 1.807) is 32.3 Å². The number of nitrogens with zero attached hydrogens (tertiary/aromatic N) is 1. The number of halogens is 1. The van der Waals surface area contributed by atoms with E-state index in [0.29, 0.717) is 43.1 Å². The van der Waals surface area contributed by atoms with Gasteiger partial charge in [0.15, 0.2) is 11.3 Å². The zero-order valence-electron chi connectivity index (χ0n) is 19.8. The smallest absolute Gasteiger partial charge is 0.434 e. The van der Waals surface area contributed by atoms with Gasteiger partial charge in [0.2, 0.25) is 0 Å². The minimum Gasteiger partial charge on any atom is -0.434 e. The highest BCUT2D eigenvalue weighted by atomic mass is 35.5. The van der Waals surface area contributed by atoms with Gasteiger partial charge in [0.05, 0.1) is 20.3 Å². The second-order valence-electron chi connectivity index (χ2n) is 8.10. The van der Waals surface area contributed by atoms with E-state index in [9.17, 15) is 9.59 Å². The minimum atomic E-state index is -0.940. The molecule has 1 unspecified atom stereocenters. The van der Waals surface area contributed by atoms with E-state index in [1.165, 1.54) is 0 Å². The Morgan fingerprint density at radius 2 is 1.82 bits per heavy atom. The number of aryl methyl sites for hydroxylation is 2. The molecule has 1 aromatic carbocycles. The molecular formula is C23H32ClN2O7+. The van der Waals surface area contributed by atoms with Crippen LogP contribution in [0, 0.1) is 13.8 Å². The third-order valence-corrected chi connectivity index (χ3v) is 6.51. The van der Waals surface area contributed by atoms with Gasteiger partial charge >= 0.3 is 12.1 Å². The Kier molecular flexibility index (Phi) is 8.49. The summed E-state index contributed by atoms with van der Waals surface area (Å²) in [4.78, 5) is 37.7. The highest BCUT2D eigenvalue weighted by Crippen LogP contribution is 2.40. The summed E-state index contributed by atoms with van der Waals surface area (Å²) in [5, 5.41) is 2.43. The SMILES string of the molecule is CCOC(=O)OC1=C(c2cc(C)c(C)cc2Cl)C(=O)[NH+](OCCOC)C12CCN(OC)CC2. The lowest BCUT2D eigenvalue weighted by Gasteiger charge is -2.39. The zero-order chi connectivity index (χ0) is 24.2. The number of rotatable bonds is 8. The summed E-state index contributed by atoms with van der Waals surface area (Å²) in [5.74, 6) is -0.124. The van der Waals surface area contributed by atoms with Gasteiger partial charge in [0.25, 0.3) is 0 Å². The summed E-state index contributed by atoms with van der Waals surface area (Å²) in [6.45, 7) is 7.25. The van der Waals surface area contributed by atoms with E-state index in [4.69, 9.17) is 35.5 Å². The quantitative estimate of drug-likeness (QED) is 0.445. The zero-order valence-corrected chi connectivity index (χ0v) is 20.5. The average Bonchev–Trinajstić information content (AvgIpc) is 2.99. The lowest BCUT2D eigenvalue weighted by molar-refractivity contribution is -1.06. The molecule has 1 fully saturated rings. The van der Waals surface area contributed by atoms with Gasteiger partial charge in [-0.1, -0.05) is 11.6 Å². The lowest BCUT2D eigenvalue weighted by Crippen LogP contribution is -3.20. The van der Waals surface area contributed by atoms with Gasteiger partial charge in [-0.05, 0) is 44.0 Å². The van der Waals surface area contributed by atoms with Crippen molar-refractivity contribution in [2.75, 3.05) is 47.1 Å². The number of hydrogen-bond donors (Lipinski definition) is 1. The molecule has 9 nitrogen and oxygen atoms in total. The predicted molar refractivity (Wildman–Crippen MR) is 120 cm³/mol. The number of hydroxylamine groups is 4. The monoisotopic (exact) mass is 483 g/mol. The number of ether oxygens (including phenoxy) is 3. The Bertz CT molecular complexity index is 926. The van der Waals surface area contributed by atoms with Crippen LogP contribution in [0.5, 0.6) is 0 Å². The number of quaternary nitrogens is 1. The van der Waals surface area contributed by atoms with Crippen LogP contribution in [-0.4, -0.2) is 69.8 Å². The molecule has 1 amide bonds. The van der Waals surface area contributed by atoms with Gasteiger partial charge in [-0.25, -0.2) is 9.59 Å². The summed E-state index contributed by atoms with van der Waals surface area (Å²) >= 11 is 6.60. The standard InChI is InChI=1S/C23H31ClN2O7/c1-6-31-22(28)33-20-19(17-13-15(2)16(3)14-18(17)24)21(27)26(32-12-11-29-4)23(20)7-9-25(30-5)10-8-23/h13-14H,6-12H2,1-5H3/p+1. The number of methoxy groups -OCH3 is 1. The summed E-state index contributed by atoms with van der Waals surface area (Å²) in [7, 11) is 3.16. The van der Waals surface area contributed by atoms with Crippen LogP contribution in [0.2, 0.25) is 5.02 Å². The van der Waals surface area contributed by atoms with E-state index in [1.807, 2.05) is 19.9 Å². The maximum Gasteiger partial charge on any atom is 0.513 e. The Morgan fingerprint density at radius 1 is 1.15 bits per heavy atom. The molecule has 10 heteroatoms. The fourth-order valence-corrected chi connectivity index (χ4v) is 4.62. The maximum absolute atomic E-state index is 13.8. The fourth-order valence-electron chi connectivity index (χ4n) is 4.31. The van der Waals surface area contributed by atoms with Crippen LogP contribution >= 0.6 is 11.6 Å². The fraction of sp³-hybridized carbons (Fsp3) is 0.565. The summed E-state index contributed by atoms with van der Waals surface area (Å²) in [6, 6.07) is 3.65. The third kappa shape index (κ3) is 5.08. The number of nitrogens with one attached hydrogen (secondary N) is 1. The van der Waals surface area contributed by atoms with Gasteiger partial charge in [0.1, 0.15) is 12.2 Å². The van der Waals surface area contributed by atoms with E-state index < -0.39 is 11.7 Å². The molecule has 33 heavy (non-hydrogen) atoms. The summed E-state index contributed by atoms with van der Waals surface area (Å²) < 4.78 is 15.9. The van der Waals surface area contributed by atoms with Crippen molar-refractivity contribution in [2.24, 2.45) is 0 Å². The first-order valence-electron chi connectivity index (χ1n) is 11.0. The van der Waals surface area contributed by atoms with Crippen molar-refractivity contribution in [1.82, 2.24) is 5.06 Å². The van der Waals surface area contributed by atoms with Crippen LogP contribution in [0.4, 0.5) is 4.79 Å². The number of hydrogen-bond acceptors (Lipinski definition) is 8. The molecule has 0 bridgehead atoms. The normalized spacial score (nSPS) is 20.5. The Labute approximate surface area is 199 Å². The second-order valence-corrected chi connectivity index (χ2v) is 8.51. The van der Waals surface area contributed by atoms with Crippen molar-refractivity contribution in [2.45, 2.75) is 39.2 Å². The number of piperidine rings is 1.